The fourth-order valence-electron chi connectivity index (χ4n) is 3.13. The minimum absolute atomic E-state index is 0.0879. The van der Waals surface area contributed by atoms with Gasteiger partial charge in [0, 0.05) is 18.7 Å². The summed E-state index contributed by atoms with van der Waals surface area (Å²) >= 11 is 0. The van der Waals surface area contributed by atoms with Crippen molar-refractivity contribution in [1.82, 2.24) is 5.32 Å². The Morgan fingerprint density at radius 1 is 1.00 bits per heavy atom. The molecule has 1 amide bonds. The van der Waals surface area contributed by atoms with Crippen molar-refractivity contribution in [2.45, 2.75) is 19.9 Å². The quantitative estimate of drug-likeness (QED) is 0.617. The highest BCUT2D eigenvalue weighted by atomic mass is 16.5. The Kier molecular flexibility index (Phi) is 6.07. The van der Waals surface area contributed by atoms with Gasteiger partial charge in [-0.3, -0.25) is 4.79 Å². The molecule has 152 valence electrons. The maximum atomic E-state index is 12.5. The van der Waals surface area contributed by atoms with E-state index in [0.717, 1.165) is 11.3 Å². The third-order valence-electron chi connectivity index (χ3n) is 4.76. The molecule has 0 fully saturated rings. The van der Waals surface area contributed by atoms with Crippen LogP contribution in [0.4, 0.5) is 0 Å². The molecule has 0 aliphatic heterocycles. The lowest BCUT2D eigenvalue weighted by atomic mass is 10.0. The van der Waals surface area contributed by atoms with Crippen LogP contribution < -0.4 is 25.2 Å². The molecule has 0 spiro atoms. The normalized spacial score (nSPS) is 10.6. The molecule has 1 aromatic heterocycles. The first kappa shape index (κ1) is 20.3. The fourth-order valence-corrected chi connectivity index (χ4v) is 3.13. The van der Waals surface area contributed by atoms with Gasteiger partial charge in [0.25, 0.3) is 0 Å². The van der Waals surface area contributed by atoms with Gasteiger partial charge < -0.3 is 23.9 Å². The number of hydrogen-bond acceptors (Lipinski definition) is 6. The van der Waals surface area contributed by atoms with E-state index < -0.39 is 5.63 Å². The van der Waals surface area contributed by atoms with Crippen LogP contribution in [0.1, 0.15) is 16.7 Å². The first-order valence-electron chi connectivity index (χ1n) is 9.04. The maximum Gasteiger partial charge on any atom is 0.340 e. The van der Waals surface area contributed by atoms with Crippen LogP contribution in [0.15, 0.2) is 45.6 Å². The third kappa shape index (κ3) is 4.34. The zero-order valence-corrected chi connectivity index (χ0v) is 16.8. The van der Waals surface area contributed by atoms with Gasteiger partial charge in [-0.25, -0.2) is 4.79 Å². The van der Waals surface area contributed by atoms with Crippen molar-refractivity contribution in [2.75, 3.05) is 21.3 Å². The zero-order valence-electron chi connectivity index (χ0n) is 16.8. The molecule has 2 aromatic carbocycles. The summed E-state index contributed by atoms with van der Waals surface area (Å²) in [6.07, 6.45) is -0.0879. The van der Waals surface area contributed by atoms with Crippen molar-refractivity contribution in [3.63, 3.8) is 0 Å². The number of methoxy groups -OCH3 is 3. The summed E-state index contributed by atoms with van der Waals surface area (Å²) in [6, 6.07) is 10.7. The molecule has 3 rings (SSSR count). The van der Waals surface area contributed by atoms with Gasteiger partial charge in [-0.05, 0) is 30.2 Å². The minimum Gasteiger partial charge on any atom is -0.497 e. The van der Waals surface area contributed by atoms with Crippen molar-refractivity contribution in [1.29, 1.82) is 0 Å². The number of carbonyl (C=O) groups is 1. The second-order valence-electron chi connectivity index (χ2n) is 6.50. The van der Waals surface area contributed by atoms with Gasteiger partial charge in [-0.1, -0.05) is 12.1 Å². The summed E-state index contributed by atoms with van der Waals surface area (Å²) in [5.41, 5.74) is 1.68. The second-order valence-corrected chi connectivity index (χ2v) is 6.50. The van der Waals surface area contributed by atoms with Gasteiger partial charge in [0.1, 0.15) is 22.8 Å². The Labute approximate surface area is 168 Å². The maximum absolute atomic E-state index is 12.5. The van der Waals surface area contributed by atoms with Gasteiger partial charge in [0.15, 0.2) is 0 Å². The first-order chi connectivity index (χ1) is 14.0. The molecular formula is C22H23NO6. The second kappa shape index (κ2) is 8.68. The monoisotopic (exact) mass is 397 g/mol. The Hall–Kier alpha value is -3.48. The zero-order chi connectivity index (χ0) is 21.0. The predicted octanol–water partition coefficient (Wildman–Crippen LogP) is 2.99. The molecule has 0 aliphatic rings. The molecule has 3 aromatic rings. The summed E-state index contributed by atoms with van der Waals surface area (Å²) in [4.78, 5) is 24.9. The van der Waals surface area contributed by atoms with E-state index in [2.05, 4.69) is 5.32 Å². The molecule has 7 nitrogen and oxygen atoms in total. The van der Waals surface area contributed by atoms with Crippen LogP contribution in [0.3, 0.4) is 0 Å². The van der Waals surface area contributed by atoms with Crippen LogP contribution in [-0.2, 0) is 17.8 Å². The lowest BCUT2D eigenvalue weighted by Gasteiger charge is -2.13. The molecule has 0 atom stereocenters. The van der Waals surface area contributed by atoms with Gasteiger partial charge in [-0.15, -0.1) is 0 Å². The molecule has 0 saturated heterocycles. The molecule has 29 heavy (non-hydrogen) atoms. The van der Waals surface area contributed by atoms with Gasteiger partial charge in [0.2, 0.25) is 5.91 Å². The largest absolute Gasteiger partial charge is 0.497 e. The third-order valence-corrected chi connectivity index (χ3v) is 4.76. The summed E-state index contributed by atoms with van der Waals surface area (Å²) in [5, 5.41) is 3.47. The molecule has 0 saturated carbocycles. The van der Waals surface area contributed by atoms with Crippen LogP contribution in [-0.4, -0.2) is 27.2 Å². The van der Waals surface area contributed by atoms with E-state index in [1.807, 2.05) is 24.3 Å². The Morgan fingerprint density at radius 2 is 1.69 bits per heavy atom. The van der Waals surface area contributed by atoms with Gasteiger partial charge in [-0.2, -0.15) is 0 Å². The van der Waals surface area contributed by atoms with Crippen molar-refractivity contribution in [3.05, 3.63) is 63.5 Å². The van der Waals surface area contributed by atoms with E-state index in [4.69, 9.17) is 18.6 Å². The molecule has 7 heteroatoms. The Balaban J connectivity index is 1.83. The van der Waals surface area contributed by atoms with E-state index in [-0.39, 0.29) is 12.3 Å². The van der Waals surface area contributed by atoms with Gasteiger partial charge in [0.05, 0.1) is 38.7 Å². The average molecular weight is 397 g/mol. The smallest absolute Gasteiger partial charge is 0.340 e. The molecule has 1 heterocycles. The highest BCUT2D eigenvalue weighted by Gasteiger charge is 2.18. The molecule has 0 aliphatic carbocycles. The SMILES string of the molecule is COc1ccc(CNC(=O)Cc2c(C)c3c(OC)cc(OC)cc3oc2=O)cc1. The van der Waals surface area contributed by atoms with Crippen molar-refractivity contribution >= 4 is 16.9 Å². The standard InChI is InChI=1S/C22H23NO6/c1-13-17(11-20(24)23-12-14-5-7-15(26-2)8-6-14)22(25)29-19-10-16(27-3)9-18(28-4)21(13)19/h5-10H,11-12H2,1-4H3,(H,23,24). The number of carbonyl (C=O) groups excluding carboxylic acids is 1. The topological polar surface area (TPSA) is 87.0 Å². The fraction of sp³-hybridized carbons (Fsp3) is 0.273. The lowest BCUT2D eigenvalue weighted by Crippen LogP contribution is -2.27. The van der Waals surface area contributed by atoms with Crippen LogP contribution in [0, 0.1) is 6.92 Å². The molecule has 0 radical (unpaired) electrons. The minimum atomic E-state index is -0.551. The number of rotatable bonds is 7. The van der Waals surface area contributed by atoms with Crippen LogP contribution in [0.5, 0.6) is 17.2 Å². The van der Waals surface area contributed by atoms with Crippen molar-refractivity contribution in [2.24, 2.45) is 0 Å². The molecule has 0 bridgehead atoms. The van der Waals surface area contributed by atoms with E-state index in [0.29, 0.717) is 40.1 Å². The van der Waals surface area contributed by atoms with Gasteiger partial charge >= 0.3 is 5.63 Å². The predicted molar refractivity (Wildman–Crippen MR) is 109 cm³/mol. The van der Waals surface area contributed by atoms with E-state index >= 15 is 0 Å². The van der Waals surface area contributed by atoms with E-state index in [1.54, 1.807) is 26.2 Å². The number of hydrogen-bond donors (Lipinski definition) is 1. The number of aryl methyl sites for hydroxylation is 1. The lowest BCUT2D eigenvalue weighted by molar-refractivity contribution is -0.120. The first-order valence-corrected chi connectivity index (χ1v) is 9.04. The van der Waals surface area contributed by atoms with E-state index in [9.17, 15) is 9.59 Å². The number of nitrogens with one attached hydrogen (secondary N) is 1. The summed E-state index contributed by atoms with van der Waals surface area (Å²) in [7, 11) is 4.65. The number of benzene rings is 2. The Bertz CT molecular complexity index is 1090. The highest BCUT2D eigenvalue weighted by molar-refractivity contribution is 5.90. The van der Waals surface area contributed by atoms with E-state index in [1.165, 1.54) is 14.2 Å². The van der Waals surface area contributed by atoms with Crippen LogP contribution >= 0.6 is 0 Å². The highest BCUT2D eigenvalue weighted by Crippen LogP contribution is 2.33. The Morgan fingerprint density at radius 3 is 2.31 bits per heavy atom. The molecule has 1 N–H and O–H groups in total. The number of amides is 1. The van der Waals surface area contributed by atoms with Crippen LogP contribution in [0.2, 0.25) is 0 Å². The summed E-state index contributed by atoms with van der Waals surface area (Å²) in [6.45, 7) is 2.13. The van der Waals surface area contributed by atoms with Crippen molar-refractivity contribution < 1.29 is 23.4 Å². The van der Waals surface area contributed by atoms with Crippen molar-refractivity contribution in [3.8, 4) is 17.2 Å². The molecule has 0 unspecified atom stereocenters. The summed E-state index contributed by atoms with van der Waals surface area (Å²) in [5.74, 6) is 1.50. The average Bonchev–Trinajstić information content (AvgIpc) is 2.74. The number of ether oxygens (including phenoxy) is 3. The number of fused-ring (bicyclic) bond motifs is 1. The summed E-state index contributed by atoms with van der Waals surface area (Å²) < 4.78 is 21.2. The molecular weight excluding hydrogens is 374 g/mol. The van der Waals surface area contributed by atoms with Crippen LogP contribution in [0.25, 0.3) is 11.0 Å².